The fourth-order valence-electron chi connectivity index (χ4n) is 1.99. The molecule has 0 spiro atoms. The molecule has 3 heteroatoms. The summed E-state index contributed by atoms with van der Waals surface area (Å²) < 4.78 is 0. The third-order valence-corrected chi connectivity index (χ3v) is 2.87. The Morgan fingerprint density at radius 3 is 3.07 bits per heavy atom. The normalized spacial score (nSPS) is 21.1. The summed E-state index contributed by atoms with van der Waals surface area (Å²) in [7, 11) is 0. The van der Waals surface area contributed by atoms with E-state index < -0.39 is 0 Å². The Kier molecular flexibility index (Phi) is 3.31. The molecule has 1 saturated heterocycles. The van der Waals surface area contributed by atoms with Gasteiger partial charge in [-0.3, -0.25) is 0 Å². The standard InChI is InChI=1S/C12H19N3/c1-9(2)12-14-7-5-11(15-12)8-10-4-3-6-13-10/h5,7,9-10,13H,3-4,6,8H2,1-2H3. The van der Waals surface area contributed by atoms with Crippen LogP contribution in [-0.2, 0) is 6.42 Å². The Bertz CT molecular complexity index is 316. The molecule has 0 aromatic carbocycles. The highest BCUT2D eigenvalue weighted by molar-refractivity contribution is 5.06. The van der Waals surface area contributed by atoms with Crippen LogP contribution in [0.3, 0.4) is 0 Å². The van der Waals surface area contributed by atoms with Gasteiger partial charge in [0, 0.05) is 30.3 Å². The van der Waals surface area contributed by atoms with Crippen molar-refractivity contribution >= 4 is 0 Å². The van der Waals surface area contributed by atoms with Crippen molar-refractivity contribution in [2.24, 2.45) is 0 Å². The first-order valence-corrected chi connectivity index (χ1v) is 5.81. The predicted octanol–water partition coefficient (Wildman–Crippen LogP) is 1.89. The van der Waals surface area contributed by atoms with E-state index in [4.69, 9.17) is 0 Å². The molecule has 3 nitrogen and oxygen atoms in total. The lowest BCUT2D eigenvalue weighted by Crippen LogP contribution is -2.24. The number of rotatable bonds is 3. The fourth-order valence-corrected chi connectivity index (χ4v) is 1.99. The van der Waals surface area contributed by atoms with Crippen LogP contribution >= 0.6 is 0 Å². The second kappa shape index (κ2) is 4.71. The number of hydrogen-bond acceptors (Lipinski definition) is 3. The minimum absolute atomic E-state index is 0.418. The highest BCUT2D eigenvalue weighted by atomic mass is 14.9. The summed E-state index contributed by atoms with van der Waals surface area (Å²) in [6, 6.07) is 2.66. The molecule has 1 fully saturated rings. The number of hydrogen-bond donors (Lipinski definition) is 1. The monoisotopic (exact) mass is 205 g/mol. The van der Waals surface area contributed by atoms with E-state index in [-0.39, 0.29) is 0 Å². The van der Waals surface area contributed by atoms with Crippen molar-refractivity contribution in [2.45, 2.75) is 45.1 Å². The molecule has 1 unspecified atom stereocenters. The Balaban J connectivity index is 2.04. The molecule has 0 amide bonds. The average Bonchev–Trinajstić information content (AvgIpc) is 2.71. The van der Waals surface area contributed by atoms with E-state index in [1.54, 1.807) is 0 Å². The molecule has 1 aliphatic heterocycles. The van der Waals surface area contributed by atoms with Gasteiger partial charge in [0.15, 0.2) is 0 Å². The zero-order valence-electron chi connectivity index (χ0n) is 9.53. The van der Waals surface area contributed by atoms with Crippen LogP contribution in [0.1, 0.15) is 44.1 Å². The lowest BCUT2D eigenvalue weighted by atomic mass is 10.1. The van der Waals surface area contributed by atoms with Crippen LogP contribution in [0, 0.1) is 0 Å². The molecule has 2 heterocycles. The topological polar surface area (TPSA) is 37.8 Å². The maximum absolute atomic E-state index is 4.58. The SMILES string of the molecule is CC(C)c1nccc(CC2CCCN2)n1. The van der Waals surface area contributed by atoms with E-state index in [1.807, 2.05) is 12.3 Å². The maximum atomic E-state index is 4.58. The second-order valence-corrected chi connectivity index (χ2v) is 4.56. The molecule has 82 valence electrons. The van der Waals surface area contributed by atoms with Crippen molar-refractivity contribution in [3.05, 3.63) is 23.8 Å². The van der Waals surface area contributed by atoms with Crippen LogP contribution in [0.15, 0.2) is 12.3 Å². The molecule has 1 atom stereocenters. The summed E-state index contributed by atoms with van der Waals surface area (Å²) in [5.41, 5.74) is 1.17. The first kappa shape index (κ1) is 10.6. The van der Waals surface area contributed by atoms with Crippen molar-refractivity contribution in [3.63, 3.8) is 0 Å². The Hall–Kier alpha value is -0.960. The molecule has 0 saturated carbocycles. The lowest BCUT2D eigenvalue weighted by molar-refractivity contribution is 0.590. The van der Waals surface area contributed by atoms with Crippen molar-refractivity contribution in [3.8, 4) is 0 Å². The number of nitrogens with one attached hydrogen (secondary N) is 1. The van der Waals surface area contributed by atoms with Gasteiger partial charge < -0.3 is 5.32 Å². The van der Waals surface area contributed by atoms with Crippen molar-refractivity contribution in [2.75, 3.05) is 6.54 Å². The molecule has 1 aliphatic rings. The fraction of sp³-hybridized carbons (Fsp3) is 0.667. The van der Waals surface area contributed by atoms with Gasteiger partial charge in [-0.15, -0.1) is 0 Å². The quantitative estimate of drug-likeness (QED) is 0.819. The van der Waals surface area contributed by atoms with Gasteiger partial charge in [0.2, 0.25) is 0 Å². The van der Waals surface area contributed by atoms with Gasteiger partial charge in [-0.1, -0.05) is 13.8 Å². The molecule has 1 aromatic rings. The smallest absolute Gasteiger partial charge is 0.131 e. The summed E-state index contributed by atoms with van der Waals surface area (Å²) in [5.74, 6) is 1.38. The highest BCUT2D eigenvalue weighted by Crippen LogP contribution is 2.13. The van der Waals surface area contributed by atoms with Gasteiger partial charge in [-0.05, 0) is 25.5 Å². The summed E-state index contributed by atoms with van der Waals surface area (Å²) in [6.07, 6.45) is 5.50. The van der Waals surface area contributed by atoms with E-state index in [9.17, 15) is 0 Å². The zero-order valence-corrected chi connectivity index (χ0v) is 9.53. The summed E-state index contributed by atoms with van der Waals surface area (Å²) in [5, 5.41) is 3.49. The highest BCUT2D eigenvalue weighted by Gasteiger charge is 2.15. The van der Waals surface area contributed by atoms with Crippen LogP contribution < -0.4 is 5.32 Å². The van der Waals surface area contributed by atoms with Crippen molar-refractivity contribution in [1.29, 1.82) is 0 Å². The van der Waals surface area contributed by atoms with Crippen molar-refractivity contribution < 1.29 is 0 Å². The summed E-state index contributed by atoms with van der Waals surface area (Å²) in [4.78, 5) is 8.87. The molecular formula is C12H19N3. The van der Waals surface area contributed by atoms with Gasteiger partial charge in [-0.25, -0.2) is 9.97 Å². The van der Waals surface area contributed by atoms with E-state index in [1.165, 1.54) is 18.5 Å². The van der Waals surface area contributed by atoms with Gasteiger partial charge in [0.1, 0.15) is 5.82 Å². The Morgan fingerprint density at radius 1 is 1.53 bits per heavy atom. The van der Waals surface area contributed by atoms with Crippen LogP contribution in [-0.4, -0.2) is 22.6 Å². The molecular weight excluding hydrogens is 186 g/mol. The molecule has 0 radical (unpaired) electrons. The minimum atomic E-state index is 0.418. The van der Waals surface area contributed by atoms with Gasteiger partial charge >= 0.3 is 0 Å². The lowest BCUT2D eigenvalue weighted by Gasteiger charge is -2.10. The first-order chi connectivity index (χ1) is 7.25. The van der Waals surface area contributed by atoms with E-state index in [2.05, 4.69) is 29.1 Å². The van der Waals surface area contributed by atoms with Gasteiger partial charge in [0.05, 0.1) is 0 Å². The minimum Gasteiger partial charge on any atom is -0.314 e. The largest absolute Gasteiger partial charge is 0.314 e. The molecule has 0 aliphatic carbocycles. The van der Waals surface area contributed by atoms with Crippen LogP contribution in [0.2, 0.25) is 0 Å². The van der Waals surface area contributed by atoms with E-state index in [0.29, 0.717) is 12.0 Å². The Morgan fingerprint density at radius 2 is 2.40 bits per heavy atom. The molecule has 2 rings (SSSR count). The van der Waals surface area contributed by atoms with Gasteiger partial charge in [0.25, 0.3) is 0 Å². The van der Waals surface area contributed by atoms with E-state index in [0.717, 1.165) is 18.8 Å². The van der Waals surface area contributed by atoms with Crippen molar-refractivity contribution in [1.82, 2.24) is 15.3 Å². The number of nitrogens with zero attached hydrogens (tertiary/aromatic N) is 2. The third kappa shape index (κ3) is 2.75. The molecule has 1 aromatic heterocycles. The number of aromatic nitrogens is 2. The van der Waals surface area contributed by atoms with Gasteiger partial charge in [-0.2, -0.15) is 0 Å². The maximum Gasteiger partial charge on any atom is 0.131 e. The summed E-state index contributed by atoms with van der Waals surface area (Å²) in [6.45, 7) is 5.42. The van der Waals surface area contributed by atoms with Crippen LogP contribution in [0.5, 0.6) is 0 Å². The summed E-state index contributed by atoms with van der Waals surface area (Å²) >= 11 is 0. The zero-order chi connectivity index (χ0) is 10.7. The molecule has 15 heavy (non-hydrogen) atoms. The van der Waals surface area contributed by atoms with Crippen LogP contribution in [0.25, 0.3) is 0 Å². The first-order valence-electron chi connectivity index (χ1n) is 5.81. The van der Waals surface area contributed by atoms with Crippen LogP contribution in [0.4, 0.5) is 0 Å². The predicted molar refractivity (Wildman–Crippen MR) is 60.8 cm³/mol. The van der Waals surface area contributed by atoms with E-state index >= 15 is 0 Å². The second-order valence-electron chi connectivity index (χ2n) is 4.56. The third-order valence-electron chi connectivity index (χ3n) is 2.87. The molecule has 1 N–H and O–H groups in total. The Labute approximate surface area is 91.3 Å². The molecule has 0 bridgehead atoms. The average molecular weight is 205 g/mol.